The SMILES string of the molecule is CC1=[C-]C(C)C2=C1CCCC2.[C-]1=CC=CC1.[Cl-].[Cl-].[Zr+4]. The van der Waals surface area contributed by atoms with Crippen LogP contribution < -0.4 is 24.8 Å². The summed E-state index contributed by atoms with van der Waals surface area (Å²) in [4.78, 5) is 0. The smallest absolute Gasteiger partial charge is 1.00 e. The fourth-order valence-electron chi connectivity index (χ4n) is 2.67. The molecule has 0 aromatic heterocycles. The summed E-state index contributed by atoms with van der Waals surface area (Å²) in [5, 5.41) is 0. The van der Waals surface area contributed by atoms with Gasteiger partial charge in [-0.3, -0.25) is 12.2 Å². The fourth-order valence-corrected chi connectivity index (χ4v) is 2.67. The third kappa shape index (κ3) is 6.15. The standard InChI is InChI=1S/C11H15.C5H5.2ClH.Zr/c1-8-7-9(2)11-6-4-3-5-10(8)11;1-2-4-5-3-1;;;/h8H,3-6H2,1-2H3;1-3H,4H2;2*1H;/q2*-1;;;+4/p-2. The Morgan fingerprint density at radius 1 is 1.16 bits per heavy atom. The Balaban J connectivity index is 0. The minimum Gasteiger partial charge on any atom is -1.00 e. The third-order valence-corrected chi connectivity index (χ3v) is 3.50. The van der Waals surface area contributed by atoms with Gasteiger partial charge in [0.1, 0.15) is 0 Å². The van der Waals surface area contributed by atoms with Crippen LogP contribution >= 0.6 is 0 Å². The molecular weight excluding hydrogens is 354 g/mol. The number of halogens is 2. The zero-order valence-electron chi connectivity index (χ0n) is 11.6. The summed E-state index contributed by atoms with van der Waals surface area (Å²) >= 11 is 0. The molecule has 0 fully saturated rings. The minimum absolute atomic E-state index is 0. The summed E-state index contributed by atoms with van der Waals surface area (Å²) in [6, 6.07) is 0. The van der Waals surface area contributed by atoms with Crippen molar-refractivity contribution in [2.75, 3.05) is 0 Å². The van der Waals surface area contributed by atoms with Crippen molar-refractivity contribution in [1.29, 1.82) is 0 Å². The van der Waals surface area contributed by atoms with Crippen molar-refractivity contribution in [3.63, 3.8) is 0 Å². The number of hydrogen-bond acceptors (Lipinski definition) is 0. The topological polar surface area (TPSA) is 0 Å². The molecular formula is C16H20Cl2Zr. The molecule has 0 aromatic rings. The van der Waals surface area contributed by atoms with Gasteiger partial charge >= 0.3 is 26.2 Å². The van der Waals surface area contributed by atoms with Crippen LogP contribution in [0.3, 0.4) is 0 Å². The maximum absolute atomic E-state index is 3.50. The predicted octanol–water partition coefficient (Wildman–Crippen LogP) is -1.43. The molecule has 0 spiro atoms. The normalized spacial score (nSPS) is 22.2. The second kappa shape index (κ2) is 11.1. The van der Waals surface area contributed by atoms with Gasteiger partial charge in [-0.2, -0.15) is 17.2 Å². The average Bonchev–Trinajstić information content (AvgIpc) is 2.94. The first-order valence-electron chi connectivity index (χ1n) is 6.33. The molecule has 0 aliphatic heterocycles. The van der Waals surface area contributed by atoms with Gasteiger partial charge in [-0.15, -0.1) is 6.42 Å². The van der Waals surface area contributed by atoms with E-state index in [1.807, 2.05) is 12.2 Å². The van der Waals surface area contributed by atoms with Crippen LogP contribution in [0.25, 0.3) is 0 Å². The summed E-state index contributed by atoms with van der Waals surface area (Å²) in [6.07, 6.45) is 18.9. The Hall–Kier alpha value is 0.423. The summed E-state index contributed by atoms with van der Waals surface area (Å²) in [5.41, 5.74) is 4.77. The van der Waals surface area contributed by atoms with E-state index in [1.54, 1.807) is 11.1 Å². The van der Waals surface area contributed by atoms with Gasteiger partial charge in [0.2, 0.25) is 0 Å². The van der Waals surface area contributed by atoms with Gasteiger partial charge in [0, 0.05) is 0 Å². The van der Waals surface area contributed by atoms with E-state index in [1.165, 1.54) is 31.3 Å². The van der Waals surface area contributed by atoms with Crippen LogP contribution in [0.5, 0.6) is 0 Å². The molecule has 0 radical (unpaired) electrons. The molecule has 19 heavy (non-hydrogen) atoms. The van der Waals surface area contributed by atoms with E-state index < -0.39 is 0 Å². The van der Waals surface area contributed by atoms with Crippen molar-refractivity contribution in [2.24, 2.45) is 5.92 Å². The Labute approximate surface area is 149 Å². The van der Waals surface area contributed by atoms with Crippen molar-refractivity contribution in [1.82, 2.24) is 0 Å². The van der Waals surface area contributed by atoms with E-state index in [0.29, 0.717) is 5.92 Å². The van der Waals surface area contributed by atoms with Crippen LogP contribution in [0, 0.1) is 18.1 Å². The molecule has 0 aromatic carbocycles. The third-order valence-electron chi connectivity index (χ3n) is 3.50. The van der Waals surface area contributed by atoms with Crippen LogP contribution in [-0.2, 0) is 26.2 Å². The quantitative estimate of drug-likeness (QED) is 0.456. The van der Waals surface area contributed by atoms with Crippen LogP contribution in [0.2, 0.25) is 0 Å². The van der Waals surface area contributed by atoms with Gasteiger partial charge in [-0.1, -0.05) is 39.0 Å². The second-order valence-corrected chi connectivity index (χ2v) is 4.70. The maximum atomic E-state index is 3.50. The van der Waals surface area contributed by atoms with E-state index in [4.69, 9.17) is 0 Å². The fraction of sp³-hybridized carbons (Fsp3) is 0.500. The Bertz CT molecular complexity index is 368. The van der Waals surface area contributed by atoms with E-state index in [0.717, 1.165) is 6.42 Å². The molecule has 3 aliphatic rings. The van der Waals surface area contributed by atoms with Crippen molar-refractivity contribution >= 4 is 0 Å². The van der Waals surface area contributed by atoms with Crippen LogP contribution in [0.4, 0.5) is 0 Å². The molecule has 3 aliphatic carbocycles. The molecule has 1 unspecified atom stereocenters. The van der Waals surface area contributed by atoms with Crippen molar-refractivity contribution in [3.05, 3.63) is 47.1 Å². The maximum Gasteiger partial charge on any atom is 4.00 e. The van der Waals surface area contributed by atoms with Crippen molar-refractivity contribution in [3.8, 4) is 0 Å². The zero-order chi connectivity index (χ0) is 11.4. The first-order valence-corrected chi connectivity index (χ1v) is 6.33. The zero-order valence-corrected chi connectivity index (χ0v) is 15.6. The molecule has 3 heteroatoms. The average molecular weight is 374 g/mol. The Morgan fingerprint density at radius 3 is 2.32 bits per heavy atom. The second-order valence-electron chi connectivity index (χ2n) is 4.70. The molecule has 0 nitrogen and oxygen atoms in total. The van der Waals surface area contributed by atoms with Crippen LogP contribution in [0.15, 0.2) is 34.9 Å². The Kier molecular flexibility index (Phi) is 12.7. The molecule has 0 saturated carbocycles. The van der Waals surface area contributed by atoms with Gasteiger partial charge in [-0.05, 0) is 6.42 Å². The summed E-state index contributed by atoms with van der Waals surface area (Å²) < 4.78 is 0. The molecule has 0 bridgehead atoms. The molecule has 0 amide bonds. The van der Waals surface area contributed by atoms with Crippen molar-refractivity contribution in [2.45, 2.75) is 46.0 Å². The number of allylic oxidation sites excluding steroid dienone is 8. The van der Waals surface area contributed by atoms with Crippen LogP contribution in [-0.4, -0.2) is 0 Å². The van der Waals surface area contributed by atoms with Gasteiger partial charge in [-0.25, -0.2) is 17.7 Å². The van der Waals surface area contributed by atoms with E-state index >= 15 is 0 Å². The minimum atomic E-state index is 0. The first-order chi connectivity index (χ1) is 7.79. The molecule has 3 rings (SSSR count). The van der Waals surface area contributed by atoms with E-state index in [2.05, 4.69) is 32.1 Å². The summed E-state index contributed by atoms with van der Waals surface area (Å²) in [6.45, 7) is 4.49. The summed E-state index contributed by atoms with van der Waals surface area (Å²) in [7, 11) is 0. The van der Waals surface area contributed by atoms with E-state index in [9.17, 15) is 0 Å². The van der Waals surface area contributed by atoms with E-state index in [-0.39, 0.29) is 51.0 Å². The largest absolute Gasteiger partial charge is 4.00 e. The first kappa shape index (κ1) is 21.7. The Morgan fingerprint density at radius 2 is 1.84 bits per heavy atom. The van der Waals surface area contributed by atoms with Crippen LogP contribution in [0.1, 0.15) is 46.0 Å². The molecule has 1 atom stereocenters. The monoisotopic (exact) mass is 372 g/mol. The van der Waals surface area contributed by atoms with Crippen molar-refractivity contribution < 1.29 is 51.0 Å². The molecule has 0 saturated heterocycles. The summed E-state index contributed by atoms with van der Waals surface area (Å²) in [5.74, 6) is 0.630. The van der Waals surface area contributed by atoms with Gasteiger partial charge in [0.25, 0.3) is 0 Å². The van der Waals surface area contributed by atoms with Gasteiger partial charge < -0.3 is 24.8 Å². The predicted molar refractivity (Wildman–Crippen MR) is 68.7 cm³/mol. The number of hydrogen-bond donors (Lipinski definition) is 0. The van der Waals surface area contributed by atoms with Gasteiger partial charge in [0.05, 0.1) is 0 Å². The van der Waals surface area contributed by atoms with Gasteiger partial charge in [0.15, 0.2) is 0 Å². The molecule has 102 valence electrons. The molecule has 0 heterocycles. The molecule has 0 N–H and O–H groups in total. The number of rotatable bonds is 0.